The lowest BCUT2D eigenvalue weighted by Crippen LogP contribution is -2.11. The number of nitrogens with zero attached hydrogens (tertiary/aromatic N) is 1. The van der Waals surface area contributed by atoms with Crippen LogP contribution in [-0.4, -0.2) is 15.9 Å². The highest BCUT2D eigenvalue weighted by Crippen LogP contribution is 2.18. The van der Waals surface area contributed by atoms with E-state index in [1.165, 1.54) is 0 Å². The van der Waals surface area contributed by atoms with E-state index in [0.717, 1.165) is 16.6 Å². The molecule has 0 unspecified atom stereocenters. The minimum absolute atomic E-state index is 0.155. The lowest BCUT2D eigenvalue weighted by Gasteiger charge is -2.05. The summed E-state index contributed by atoms with van der Waals surface area (Å²) in [6.07, 6.45) is 3.46. The molecule has 0 spiro atoms. The van der Waals surface area contributed by atoms with Gasteiger partial charge in [-0.15, -0.1) is 0 Å². The quantitative estimate of drug-likeness (QED) is 0.710. The van der Waals surface area contributed by atoms with Gasteiger partial charge in [-0.2, -0.15) is 0 Å². The van der Waals surface area contributed by atoms with Crippen LogP contribution in [0, 0.1) is 0 Å². The van der Waals surface area contributed by atoms with Crippen LogP contribution < -0.4 is 5.32 Å². The second-order valence-corrected chi connectivity index (χ2v) is 4.91. The van der Waals surface area contributed by atoms with Gasteiger partial charge in [-0.05, 0) is 52.3 Å². The summed E-state index contributed by atoms with van der Waals surface area (Å²) in [5.74, 6) is -0.155. The van der Waals surface area contributed by atoms with Crippen LogP contribution in [-0.2, 0) is 0 Å². The Kier molecular flexibility index (Phi) is 3.05. The van der Waals surface area contributed by atoms with Crippen LogP contribution in [0.25, 0.3) is 10.9 Å². The first-order valence-corrected chi connectivity index (χ1v) is 6.52. The molecule has 0 saturated heterocycles. The molecule has 0 aliphatic carbocycles. The Morgan fingerprint density at radius 1 is 1.21 bits per heavy atom. The van der Waals surface area contributed by atoms with Crippen molar-refractivity contribution in [2.24, 2.45) is 0 Å². The SMILES string of the molecule is O=C(Nc1ccc2[nH]ccc2c1)c1ccnc(Br)c1. The molecule has 0 aliphatic heterocycles. The molecule has 4 nitrogen and oxygen atoms in total. The summed E-state index contributed by atoms with van der Waals surface area (Å²) in [6.45, 7) is 0. The second-order valence-electron chi connectivity index (χ2n) is 4.10. The number of H-pyrrole nitrogens is 1. The van der Waals surface area contributed by atoms with Gasteiger partial charge in [-0.1, -0.05) is 0 Å². The molecule has 0 saturated carbocycles. The topological polar surface area (TPSA) is 57.8 Å². The predicted molar refractivity (Wildman–Crippen MR) is 78.2 cm³/mol. The maximum absolute atomic E-state index is 12.1. The molecular weight excluding hydrogens is 306 g/mol. The number of halogens is 1. The van der Waals surface area contributed by atoms with Crippen molar-refractivity contribution in [1.29, 1.82) is 0 Å². The Hall–Kier alpha value is -2.14. The number of carbonyl (C=O) groups excluding carboxylic acids is 1. The Balaban J connectivity index is 1.86. The van der Waals surface area contributed by atoms with Crippen LogP contribution in [0.1, 0.15) is 10.4 Å². The van der Waals surface area contributed by atoms with Crippen molar-refractivity contribution in [2.45, 2.75) is 0 Å². The summed E-state index contributed by atoms with van der Waals surface area (Å²) in [5, 5.41) is 3.93. The van der Waals surface area contributed by atoms with Gasteiger partial charge in [0.25, 0.3) is 5.91 Å². The zero-order valence-electron chi connectivity index (χ0n) is 9.85. The number of hydrogen-bond acceptors (Lipinski definition) is 2. The lowest BCUT2D eigenvalue weighted by atomic mass is 10.2. The Labute approximate surface area is 118 Å². The summed E-state index contributed by atoms with van der Waals surface area (Å²) in [7, 11) is 0. The first-order valence-electron chi connectivity index (χ1n) is 5.72. The average molecular weight is 316 g/mol. The number of fused-ring (bicyclic) bond motifs is 1. The van der Waals surface area contributed by atoms with Crippen molar-refractivity contribution in [3.8, 4) is 0 Å². The molecule has 1 amide bonds. The van der Waals surface area contributed by atoms with E-state index in [1.54, 1.807) is 18.3 Å². The fraction of sp³-hybridized carbons (Fsp3) is 0. The number of nitrogens with one attached hydrogen (secondary N) is 2. The van der Waals surface area contributed by atoms with Crippen LogP contribution in [0.5, 0.6) is 0 Å². The minimum atomic E-state index is -0.155. The van der Waals surface area contributed by atoms with E-state index in [4.69, 9.17) is 0 Å². The Morgan fingerprint density at radius 2 is 2.11 bits per heavy atom. The normalized spacial score (nSPS) is 10.6. The third-order valence-electron chi connectivity index (χ3n) is 2.80. The van der Waals surface area contributed by atoms with E-state index in [9.17, 15) is 4.79 Å². The Morgan fingerprint density at radius 3 is 2.95 bits per heavy atom. The van der Waals surface area contributed by atoms with Gasteiger partial charge in [0.2, 0.25) is 0 Å². The van der Waals surface area contributed by atoms with E-state index in [-0.39, 0.29) is 5.91 Å². The van der Waals surface area contributed by atoms with Gasteiger partial charge in [0.15, 0.2) is 0 Å². The predicted octanol–water partition coefficient (Wildman–Crippen LogP) is 3.58. The van der Waals surface area contributed by atoms with Crippen molar-refractivity contribution in [2.75, 3.05) is 5.32 Å². The summed E-state index contributed by atoms with van der Waals surface area (Å²) in [5.41, 5.74) is 2.38. The molecule has 3 rings (SSSR count). The molecule has 0 radical (unpaired) electrons. The number of aromatic amines is 1. The first-order chi connectivity index (χ1) is 9.22. The molecule has 1 aromatic carbocycles. The monoisotopic (exact) mass is 315 g/mol. The lowest BCUT2D eigenvalue weighted by molar-refractivity contribution is 0.102. The van der Waals surface area contributed by atoms with E-state index in [2.05, 4.69) is 31.2 Å². The molecule has 3 aromatic rings. The summed E-state index contributed by atoms with van der Waals surface area (Å²) >= 11 is 3.25. The smallest absolute Gasteiger partial charge is 0.255 e. The summed E-state index contributed by atoms with van der Waals surface area (Å²) in [4.78, 5) is 19.2. The fourth-order valence-corrected chi connectivity index (χ4v) is 2.24. The standard InChI is InChI=1S/C14H10BrN3O/c15-13-8-10(4-6-17-13)14(19)18-11-1-2-12-9(7-11)3-5-16-12/h1-8,16H,(H,18,19). The van der Waals surface area contributed by atoms with Gasteiger partial charge in [-0.3, -0.25) is 4.79 Å². The number of amides is 1. The highest BCUT2D eigenvalue weighted by atomic mass is 79.9. The van der Waals surface area contributed by atoms with Gasteiger partial charge in [-0.25, -0.2) is 4.98 Å². The van der Waals surface area contributed by atoms with Crippen LogP contribution in [0.15, 0.2) is 53.4 Å². The molecular formula is C14H10BrN3O. The van der Waals surface area contributed by atoms with Gasteiger partial charge < -0.3 is 10.3 Å². The number of pyridine rings is 1. The number of aromatic nitrogens is 2. The van der Waals surface area contributed by atoms with Crippen LogP contribution in [0.2, 0.25) is 0 Å². The molecule has 94 valence electrons. The summed E-state index contributed by atoms with van der Waals surface area (Å²) in [6, 6.07) is 11.1. The maximum Gasteiger partial charge on any atom is 0.255 e. The summed E-state index contributed by atoms with van der Waals surface area (Å²) < 4.78 is 0.640. The van der Waals surface area contributed by atoms with Crippen LogP contribution in [0.3, 0.4) is 0 Å². The first kappa shape index (κ1) is 11.9. The maximum atomic E-state index is 12.1. The fourth-order valence-electron chi connectivity index (χ4n) is 1.88. The van der Waals surface area contributed by atoms with Crippen molar-refractivity contribution >= 4 is 38.4 Å². The molecule has 0 atom stereocenters. The van der Waals surface area contributed by atoms with E-state index in [0.29, 0.717) is 10.2 Å². The zero-order valence-corrected chi connectivity index (χ0v) is 11.4. The van der Waals surface area contributed by atoms with Gasteiger partial charge in [0, 0.05) is 34.5 Å². The van der Waals surface area contributed by atoms with Gasteiger partial charge >= 0.3 is 0 Å². The third-order valence-corrected chi connectivity index (χ3v) is 3.23. The highest BCUT2D eigenvalue weighted by molar-refractivity contribution is 9.10. The molecule has 5 heteroatoms. The van der Waals surface area contributed by atoms with Crippen LogP contribution >= 0.6 is 15.9 Å². The Bertz CT molecular complexity index is 751. The van der Waals surface area contributed by atoms with E-state index in [1.807, 2.05) is 30.5 Å². The number of benzene rings is 1. The molecule has 0 fully saturated rings. The van der Waals surface area contributed by atoms with Crippen molar-refractivity contribution in [3.63, 3.8) is 0 Å². The number of rotatable bonds is 2. The van der Waals surface area contributed by atoms with Crippen molar-refractivity contribution in [1.82, 2.24) is 9.97 Å². The van der Waals surface area contributed by atoms with Crippen LogP contribution in [0.4, 0.5) is 5.69 Å². The minimum Gasteiger partial charge on any atom is -0.361 e. The molecule has 2 aromatic heterocycles. The number of hydrogen-bond donors (Lipinski definition) is 2. The van der Waals surface area contributed by atoms with Crippen molar-refractivity contribution in [3.05, 3.63) is 59.0 Å². The highest BCUT2D eigenvalue weighted by Gasteiger charge is 2.07. The van der Waals surface area contributed by atoms with Gasteiger partial charge in [0.05, 0.1) is 0 Å². The second kappa shape index (κ2) is 4.85. The molecule has 19 heavy (non-hydrogen) atoms. The average Bonchev–Trinajstić information content (AvgIpc) is 2.86. The van der Waals surface area contributed by atoms with E-state index < -0.39 is 0 Å². The van der Waals surface area contributed by atoms with Crippen molar-refractivity contribution < 1.29 is 4.79 Å². The molecule has 0 aliphatic rings. The number of anilines is 1. The van der Waals surface area contributed by atoms with Gasteiger partial charge in [0.1, 0.15) is 4.60 Å². The zero-order chi connectivity index (χ0) is 13.2. The molecule has 2 heterocycles. The largest absolute Gasteiger partial charge is 0.361 e. The third kappa shape index (κ3) is 2.51. The number of carbonyl (C=O) groups is 1. The molecule has 2 N–H and O–H groups in total. The van der Waals surface area contributed by atoms with E-state index >= 15 is 0 Å². The molecule has 0 bridgehead atoms.